The standard InChI is InChI=1S/C23H23N3O3/c24-22(27)16-10-12-26(13-11-16)14-18-20(23(28)29)17-8-4-5-9-19(17)25-21(18)15-6-2-1-3-7-15/h1-9,16H,10-14H2,(H2,24,27)(H,28,29). The summed E-state index contributed by atoms with van der Waals surface area (Å²) in [5.74, 6) is -1.32. The number of hydrogen-bond acceptors (Lipinski definition) is 4. The number of piperidine rings is 1. The van der Waals surface area contributed by atoms with Crippen LogP contribution in [-0.2, 0) is 11.3 Å². The topological polar surface area (TPSA) is 96.5 Å². The number of carbonyl (C=O) groups is 2. The lowest BCUT2D eigenvalue weighted by molar-refractivity contribution is -0.123. The number of fused-ring (bicyclic) bond motifs is 1. The van der Waals surface area contributed by atoms with Crippen molar-refractivity contribution >= 4 is 22.8 Å². The molecule has 1 amide bonds. The first kappa shape index (κ1) is 19.1. The number of carbonyl (C=O) groups excluding carboxylic acids is 1. The van der Waals surface area contributed by atoms with E-state index in [4.69, 9.17) is 10.7 Å². The molecule has 0 spiro atoms. The van der Waals surface area contributed by atoms with Gasteiger partial charge in [-0.1, -0.05) is 48.5 Å². The number of carboxylic acids is 1. The third-order valence-corrected chi connectivity index (χ3v) is 5.63. The minimum Gasteiger partial charge on any atom is -0.478 e. The van der Waals surface area contributed by atoms with Crippen molar-refractivity contribution < 1.29 is 14.7 Å². The Hall–Kier alpha value is -3.25. The van der Waals surface area contributed by atoms with Gasteiger partial charge in [0.05, 0.1) is 16.8 Å². The summed E-state index contributed by atoms with van der Waals surface area (Å²) in [5, 5.41) is 10.7. The van der Waals surface area contributed by atoms with E-state index in [2.05, 4.69) is 4.90 Å². The van der Waals surface area contributed by atoms with Crippen LogP contribution in [0.3, 0.4) is 0 Å². The maximum Gasteiger partial charge on any atom is 0.336 e. The fourth-order valence-corrected chi connectivity index (χ4v) is 4.08. The molecule has 0 radical (unpaired) electrons. The Morgan fingerprint density at radius 2 is 1.69 bits per heavy atom. The molecule has 0 unspecified atom stereocenters. The van der Waals surface area contributed by atoms with Crippen LogP contribution in [0.15, 0.2) is 54.6 Å². The second kappa shape index (κ2) is 8.01. The van der Waals surface area contributed by atoms with Gasteiger partial charge in [0.25, 0.3) is 0 Å². The van der Waals surface area contributed by atoms with E-state index < -0.39 is 5.97 Å². The highest BCUT2D eigenvalue weighted by atomic mass is 16.4. The number of likely N-dealkylation sites (tertiary alicyclic amines) is 1. The molecule has 0 aliphatic carbocycles. The minimum atomic E-state index is -0.956. The summed E-state index contributed by atoms with van der Waals surface area (Å²) < 4.78 is 0. The van der Waals surface area contributed by atoms with Gasteiger partial charge in [0.15, 0.2) is 0 Å². The first-order valence-electron chi connectivity index (χ1n) is 9.76. The number of nitrogens with zero attached hydrogens (tertiary/aromatic N) is 2. The number of pyridine rings is 1. The molecule has 2 heterocycles. The molecule has 1 aliphatic heterocycles. The van der Waals surface area contributed by atoms with E-state index in [1.54, 1.807) is 0 Å². The molecule has 4 rings (SSSR count). The molecule has 6 heteroatoms. The van der Waals surface area contributed by atoms with Gasteiger partial charge in [-0.3, -0.25) is 9.69 Å². The molecule has 0 atom stereocenters. The number of primary amides is 1. The molecular formula is C23H23N3O3. The Morgan fingerprint density at radius 3 is 2.34 bits per heavy atom. The van der Waals surface area contributed by atoms with Gasteiger partial charge in [0.1, 0.15) is 0 Å². The molecule has 0 saturated carbocycles. The van der Waals surface area contributed by atoms with Crippen molar-refractivity contribution in [3.05, 3.63) is 65.7 Å². The van der Waals surface area contributed by atoms with Crippen molar-refractivity contribution in [1.29, 1.82) is 0 Å². The van der Waals surface area contributed by atoms with Crippen LogP contribution in [0.4, 0.5) is 0 Å². The average Bonchev–Trinajstić information content (AvgIpc) is 2.74. The molecule has 3 N–H and O–H groups in total. The van der Waals surface area contributed by atoms with Crippen LogP contribution >= 0.6 is 0 Å². The molecule has 148 valence electrons. The van der Waals surface area contributed by atoms with E-state index in [0.717, 1.165) is 5.56 Å². The van der Waals surface area contributed by atoms with E-state index >= 15 is 0 Å². The SMILES string of the molecule is NC(=O)C1CCN(Cc2c(-c3ccccc3)nc3ccccc3c2C(=O)O)CC1. The highest BCUT2D eigenvalue weighted by molar-refractivity contribution is 6.05. The summed E-state index contributed by atoms with van der Waals surface area (Å²) in [5.41, 5.74) is 8.70. The molecule has 3 aromatic rings. The van der Waals surface area contributed by atoms with E-state index in [-0.39, 0.29) is 11.8 Å². The summed E-state index contributed by atoms with van der Waals surface area (Å²) >= 11 is 0. The maximum absolute atomic E-state index is 12.3. The van der Waals surface area contributed by atoms with E-state index in [9.17, 15) is 14.7 Å². The largest absolute Gasteiger partial charge is 0.478 e. The van der Waals surface area contributed by atoms with Crippen LogP contribution in [0.5, 0.6) is 0 Å². The molecule has 0 bridgehead atoms. The molecule has 2 aromatic carbocycles. The maximum atomic E-state index is 12.3. The molecule has 1 saturated heterocycles. The van der Waals surface area contributed by atoms with Gasteiger partial charge >= 0.3 is 5.97 Å². The van der Waals surface area contributed by atoms with Crippen LogP contribution in [0, 0.1) is 5.92 Å². The van der Waals surface area contributed by atoms with Crippen molar-refractivity contribution in [2.45, 2.75) is 19.4 Å². The third kappa shape index (κ3) is 3.84. The van der Waals surface area contributed by atoms with Crippen molar-refractivity contribution in [2.24, 2.45) is 11.7 Å². The molecule has 1 aromatic heterocycles. The smallest absolute Gasteiger partial charge is 0.336 e. The Balaban J connectivity index is 1.81. The molecule has 1 fully saturated rings. The summed E-state index contributed by atoms with van der Waals surface area (Å²) in [7, 11) is 0. The van der Waals surface area contributed by atoms with E-state index in [1.165, 1.54) is 0 Å². The zero-order chi connectivity index (χ0) is 20.4. The van der Waals surface area contributed by atoms with Crippen LogP contribution < -0.4 is 5.73 Å². The van der Waals surface area contributed by atoms with E-state index in [1.807, 2.05) is 54.6 Å². The number of rotatable bonds is 5. The summed E-state index contributed by atoms with van der Waals surface area (Å²) in [6.07, 6.45) is 1.39. The Labute approximate surface area is 169 Å². The summed E-state index contributed by atoms with van der Waals surface area (Å²) in [6.45, 7) is 1.87. The lowest BCUT2D eigenvalue weighted by Gasteiger charge is -2.31. The number of aromatic nitrogens is 1. The number of carboxylic acid groups (broad SMARTS) is 1. The van der Waals surface area contributed by atoms with Crippen LogP contribution in [-0.4, -0.2) is 40.0 Å². The second-order valence-corrected chi connectivity index (χ2v) is 7.46. The Kier molecular flexibility index (Phi) is 5.27. The number of para-hydroxylation sites is 1. The molecular weight excluding hydrogens is 366 g/mol. The number of benzene rings is 2. The fourth-order valence-electron chi connectivity index (χ4n) is 4.08. The van der Waals surface area contributed by atoms with Crippen molar-refractivity contribution in [3.63, 3.8) is 0 Å². The highest BCUT2D eigenvalue weighted by Crippen LogP contribution is 2.32. The normalized spacial score (nSPS) is 15.4. The predicted octanol–water partition coefficient (Wildman–Crippen LogP) is 3.30. The van der Waals surface area contributed by atoms with E-state index in [0.29, 0.717) is 60.2 Å². The van der Waals surface area contributed by atoms with Crippen molar-refractivity contribution in [2.75, 3.05) is 13.1 Å². The lowest BCUT2D eigenvalue weighted by atomic mass is 9.93. The summed E-state index contributed by atoms with van der Waals surface area (Å²) in [6, 6.07) is 17.0. The van der Waals surface area contributed by atoms with Gasteiger partial charge in [-0.2, -0.15) is 0 Å². The van der Waals surface area contributed by atoms with Gasteiger partial charge in [0.2, 0.25) is 5.91 Å². The first-order valence-corrected chi connectivity index (χ1v) is 9.76. The third-order valence-electron chi connectivity index (χ3n) is 5.63. The quantitative estimate of drug-likeness (QED) is 0.698. The van der Waals surface area contributed by atoms with Gasteiger partial charge in [-0.25, -0.2) is 9.78 Å². The zero-order valence-electron chi connectivity index (χ0n) is 16.0. The average molecular weight is 389 g/mol. The van der Waals surface area contributed by atoms with Crippen molar-refractivity contribution in [3.8, 4) is 11.3 Å². The zero-order valence-corrected chi connectivity index (χ0v) is 16.0. The van der Waals surface area contributed by atoms with Gasteiger partial charge in [-0.15, -0.1) is 0 Å². The lowest BCUT2D eigenvalue weighted by Crippen LogP contribution is -2.38. The fraction of sp³-hybridized carbons (Fsp3) is 0.261. The van der Waals surface area contributed by atoms with Crippen LogP contribution in [0.2, 0.25) is 0 Å². The van der Waals surface area contributed by atoms with Crippen LogP contribution in [0.25, 0.3) is 22.2 Å². The highest BCUT2D eigenvalue weighted by Gasteiger charge is 2.27. The Morgan fingerprint density at radius 1 is 1.03 bits per heavy atom. The number of amides is 1. The number of nitrogens with two attached hydrogens (primary N) is 1. The van der Waals surface area contributed by atoms with Crippen molar-refractivity contribution in [1.82, 2.24) is 9.88 Å². The molecule has 29 heavy (non-hydrogen) atoms. The molecule has 1 aliphatic rings. The van der Waals surface area contributed by atoms with Gasteiger partial charge in [0, 0.05) is 29.0 Å². The monoisotopic (exact) mass is 389 g/mol. The van der Waals surface area contributed by atoms with Gasteiger partial charge in [-0.05, 0) is 32.0 Å². The summed E-state index contributed by atoms with van der Waals surface area (Å²) in [4.78, 5) is 30.8. The Bertz CT molecular complexity index is 1060. The second-order valence-electron chi connectivity index (χ2n) is 7.46. The molecule has 6 nitrogen and oxygen atoms in total. The number of hydrogen-bond donors (Lipinski definition) is 2. The predicted molar refractivity (Wildman–Crippen MR) is 111 cm³/mol. The van der Waals surface area contributed by atoms with Gasteiger partial charge < -0.3 is 10.8 Å². The minimum absolute atomic E-state index is 0.103. The first-order chi connectivity index (χ1) is 14.0. The number of aromatic carboxylic acids is 1. The van der Waals surface area contributed by atoms with Crippen LogP contribution in [0.1, 0.15) is 28.8 Å².